The van der Waals surface area contributed by atoms with E-state index in [4.69, 9.17) is 23.2 Å². The molecule has 0 N–H and O–H groups in total. The van der Waals surface area contributed by atoms with Gasteiger partial charge in [0.15, 0.2) is 10.3 Å². The number of allylic oxidation sites excluding steroid dienone is 1. The van der Waals surface area contributed by atoms with Crippen molar-refractivity contribution in [3.05, 3.63) is 40.1 Å². The zero-order valence-electron chi connectivity index (χ0n) is 9.65. The number of rotatable bonds is 1. The average molecular weight is 307 g/mol. The summed E-state index contributed by atoms with van der Waals surface area (Å²) >= 11 is 11.4. The zero-order chi connectivity index (χ0) is 14.4. The first-order chi connectivity index (χ1) is 8.70. The standard InChI is InChI=1S/C12H7Cl2F3N2/c1-5(2)7-3-6(12(15,16)17)4-8-9(7)19-11(14)10(13)18-8/h3-4H,1H2,2H3. The topological polar surface area (TPSA) is 25.8 Å². The molecule has 1 heterocycles. The number of benzene rings is 1. The molecular weight excluding hydrogens is 300 g/mol. The molecular formula is C12H7Cl2F3N2. The summed E-state index contributed by atoms with van der Waals surface area (Å²) in [6, 6.07) is 1.86. The SMILES string of the molecule is C=C(C)c1cc(C(F)(F)F)cc2nc(Cl)c(Cl)nc12. The maximum Gasteiger partial charge on any atom is 0.416 e. The molecule has 0 radical (unpaired) electrons. The summed E-state index contributed by atoms with van der Waals surface area (Å²) in [7, 11) is 0. The first-order valence-corrected chi connectivity index (χ1v) is 5.85. The molecule has 0 amide bonds. The van der Waals surface area contributed by atoms with E-state index >= 15 is 0 Å². The lowest BCUT2D eigenvalue weighted by atomic mass is 10.0. The van der Waals surface area contributed by atoms with Crippen LogP contribution in [0.15, 0.2) is 18.7 Å². The molecule has 0 aliphatic rings. The second-order valence-electron chi connectivity index (χ2n) is 3.97. The third kappa shape index (κ3) is 2.67. The Kier molecular flexibility index (Phi) is 3.45. The molecule has 0 aliphatic heterocycles. The van der Waals surface area contributed by atoms with Crippen LogP contribution in [0.1, 0.15) is 18.1 Å². The van der Waals surface area contributed by atoms with E-state index in [-0.39, 0.29) is 26.9 Å². The summed E-state index contributed by atoms with van der Waals surface area (Å²) in [5.74, 6) is 0. The smallest absolute Gasteiger partial charge is 0.231 e. The third-order valence-electron chi connectivity index (χ3n) is 2.48. The highest BCUT2D eigenvalue weighted by Gasteiger charge is 2.32. The van der Waals surface area contributed by atoms with Gasteiger partial charge in [0.05, 0.1) is 16.6 Å². The first kappa shape index (κ1) is 14.1. The predicted octanol–water partition coefficient (Wildman–Crippen LogP) is 4.99. The second kappa shape index (κ2) is 4.65. The Labute approximate surface area is 116 Å². The van der Waals surface area contributed by atoms with Crippen molar-refractivity contribution < 1.29 is 13.2 Å². The number of halogens is 5. The Bertz CT molecular complexity index is 681. The highest BCUT2D eigenvalue weighted by Crippen LogP contribution is 2.35. The number of hydrogen-bond acceptors (Lipinski definition) is 2. The molecule has 0 saturated heterocycles. The van der Waals surface area contributed by atoms with Crippen LogP contribution in [0.5, 0.6) is 0 Å². The number of nitrogens with zero attached hydrogens (tertiary/aromatic N) is 2. The van der Waals surface area contributed by atoms with Crippen molar-refractivity contribution in [2.24, 2.45) is 0 Å². The molecule has 0 atom stereocenters. The number of hydrogen-bond donors (Lipinski definition) is 0. The van der Waals surface area contributed by atoms with Gasteiger partial charge < -0.3 is 0 Å². The minimum Gasteiger partial charge on any atom is -0.231 e. The molecule has 7 heteroatoms. The fourth-order valence-electron chi connectivity index (χ4n) is 1.61. The Morgan fingerprint density at radius 3 is 2.26 bits per heavy atom. The van der Waals surface area contributed by atoms with Gasteiger partial charge in [0.2, 0.25) is 0 Å². The lowest BCUT2D eigenvalue weighted by Gasteiger charge is -2.12. The fraction of sp³-hybridized carbons (Fsp3) is 0.167. The zero-order valence-corrected chi connectivity index (χ0v) is 11.2. The fourth-order valence-corrected chi connectivity index (χ4v) is 1.87. The molecule has 2 rings (SSSR count). The first-order valence-electron chi connectivity index (χ1n) is 5.10. The van der Waals surface area contributed by atoms with E-state index in [2.05, 4.69) is 16.5 Å². The van der Waals surface area contributed by atoms with Crippen molar-refractivity contribution >= 4 is 39.8 Å². The monoisotopic (exact) mass is 306 g/mol. The molecule has 0 unspecified atom stereocenters. The summed E-state index contributed by atoms with van der Waals surface area (Å²) < 4.78 is 38.4. The van der Waals surface area contributed by atoms with Crippen molar-refractivity contribution in [3.63, 3.8) is 0 Å². The van der Waals surface area contributed by atoms with Gasteiger partial charge in [-0.2, -0.15) is 13.2 Å². The summed E-state index contributed by atoms with van der Waals surface area (Å²) in [4.78, 5) is 7.78. The Balaban J connectivity index is 2.88. The van der Waals surface area contributed by atoms with Crippen molar-refractivity contribution in [2.75, 3.05) is 0 Å². The van der Waals surface area contributed by atoms with Gasteiger partial charge in [-0.15, -0.1) is 0 Å². The Morgan fingerprint density at radius 1 is 1.16 bits per heavy atom. The largest absolute Gasteiger partial charge is 0.416 e. The van der Waals surface area contributed by atoms with E-state index in [0.29, 0.717) is 5.57 Å². The second-order valence-corrected chi connectivity index (χ2v) is 4.69. The molecule has 0 saturated carbocycles. The quantitative estimate of drug-likeness (QED) is 0.742. The molecule has 0 aliphatic carbocycles. The van der Waals surface area contributed by atoms with E-state index < -0.39 is 11.7 Å². The molecule has 1 aromatic carbocycles. The van der Waals surface area contributed by atoms with Gasteiger partial charge >= 0.3 is 6.18 Å². The van der Waals surface area contributed by atoms with Crippen molar-refractivity contribution in [3.8, 4) is 0 Å². The van der Waals surface area contributed by atoms with Gasteiger partial charge in [-0.3, -0.25) is 0 Å². The molecule has 2 aromatic rings. The average Bonchev–Trinajstić information content (AvgIpc) is 2.27. The molecule has 2 nitrogen and oxygen atoms in total. The summed E-state index contributed by atoms with van der Waals surface area (Å²) in [5, 5.41) is -0.197. The highest BCUT2D eigenvalue weighted by molar-refractivity contribution is 6.40. The van der Waals surface area contributed by atoms with Crippen LogP contribution in [0.4, 0.5) is 13.2 Å². The van der Waals surface area contributed by atoms with Crippen molar-refractivity contribution in [1.29, 1.82) is 0 Å². The van der Waals surface area contributed by atoms with Crippen LogP contribution in [0, 0.1) is 0 Å². The molecule has 0 bridgehead atoms. The predicted molar refractivity (Wildman–Crippen MR) is 69.3 cm³/mol. The van der Waals surface area contributed by atoms with Gasteiger partial charge in [-0.25, -0.2) is 9.97 Å². The van der Waals surface area contributed by atoms with Crippen LogP contribution in [0.3, 0.4) is 0 Å². The molecule has 0 spiro atoms. The van der Waals surface area contributed by atoms with E-state index in [9.17, 15) is 13.2 Å². The maximum atomic E-state index is 12.8. The van der Waals surface area contributed by atoms with E-state index in [1.165, 1.54) is 0 Å². The van der Waals surface area contributed by atoms with Gasteiger partial charge in [0, 0.05) is 5.56 Å². The van der Waals surface area contributed by atoms with Gasteiger partial charge in [0.1, 0.15) is 0 Å². The Morgan fingerprint density at radius 2 is 1.74 bits per heavy atom. The van der Waals surface area contributed by atoms with Crippen LogP contribution < -0.4 is 0 Å². The Hall–Kier alpha value is -1.33. The summed E-state index contributed by atoms with van der Waals surface area (Å²) in [6.07, 6.45) is -4.48. The van der Waals surface area contributed by atoms with Crippen LogP contribution in [-0.2, 0) is 6.18 Å². The van der Waals surface area contributed by atoms with Gasteiger partial charge in [-0.1, -0.05) is 29.8 Å². The van der Waals surface area contributed by atoms with Crippen molar-refractivity contribution in [2.45, 2.75) is 13.1 Å². The number of fused-ring (bicyclic) bond motifs is 1. The lowest BCUT2D eigenvalue weighted by molar-refractivity contribution is -0.137. The lowest BCUT2D eigenvalue weighted by Crippen LogP contribution is -2.06. The number of aromatic nitrogens is 2. The normalized spacial score (nSPS) is 11.9. The van der Waals surface area contributed by atoms with E-state index in [0.717, 1.165) is 12.1 Å². The molecule has 19 heavy (non-hydrogen) atoms. The highest BCUT2D eigenvalue weighted by atomic mass is 35.5. The van der Waals surface area contributed by atoms with Crippen molar-refractivity contribution in [1.82, 2.24) is 9.97 Å². The van der Waals surface area contributed by atoms with Gasteiger partial charge in [0.25, 0.3) is 0 Å². The van der Waals surface area contributed by atoms with Crippen LogP contribution >= 0.6 is 23.2 Å². The van der Waals surface area contributed by atoms with Crippen LogP contribution in [0.25, 0.3) is 16.6 Å². The molecule has 1 aromatic heterocycles. The molecule has 100 valence electrons. The van der Waals surface area contributed by atoms with Crippen LogP contribution in [0.2, 0.25) is 10.3 Å². The van der Waals surface area contributed by atoms with Gasteiger partial charge in [-0.05, 0) is 24.6 Å². The summed E-state index contributed by atoms with van der Waals surface area (Å²) in [6.45, 7) is 5.22. The van der Waals surface area contributed by atoms with E-state index in [1.54, 1.807) is 6.92 Å². The number of alkyl halides is 3. The molecule has 0 fully saturated rings. The van der Waals surface area contributed by atoms with E-state index in [1.807, 2.05) is 0 Å². The summed E-state index contributed by atoms with van der Waals surface area (Å²) in [5.41, 5.74) is 0.127. The minimum absolute atomic E-state index is 0.0298. The minimum atomic E-state index is -4.48. The maximum absolute atomic E-state index is 12.8. The third-order valence-corrected chi connectivity index (χ3v) is 3.10. The van der Waals surface area contributed by atoms with Crippen LogP contribution in [-0.4, -0.2) is 9.97 Å².